The molecular weight excluding hydrogens is 1640 g/mol. The first-order valence-corrected chi connectivity index (χ1v) is 46.0. The van der Waals surface area contributed by atoms with Crippen LogP contribution in [0.3, 0.4) is 0 Å². The van der Waals surface area contributed by atoms with Crippen LogP contribution in [0.2, 0.25) is 10.0 Å². The summed E-state index contributed by atoms with van der Waals surface area (Å²) in [5.74, 6) is 0.898. The van der Waals surface area contributed by atoms with E-state index in [0.29, 0.717) is 53.1 Å². The molecule has 115 heavy (non-hydrogen) atoms. The molecule has 6 aromatic rings. The van der Waals surface area contributed by atoms with E-state index in [0.717, 1.165) is 127 Å². The molecule has 6 aromatic carbocycles. The number of allylic oxidation sites excluding steroid dienone is 15. The Labute approximate surface area is 746 Å². The van der Waals surface area contributed by atoms with Crippen LogP contribution in [0.25, 0.3) is 0 Å². The normalized spacial score (nSPS) is 18.6. The molecule has 0 saturated carbocycles. The maximum atomic E-state index is 14.0. The number of unbranched alkanes of at least 4 members (excludes halogenated alkanes) is 5. The van der Waals surface area contributed by atoms with Crippen molar-refractivity contribution < 1.29 is 120 Å². The van der Waals surface area contributed by atoms with E-state index in [2.05, 4.69) is 202 Å². The summed E-state index contributed by atoms with van der Waals surface area (Å²) in [7, 11) is -11.9. The van der Waals surface area contributed by atoms with Crippen LogP contribution in [0.15, 0.2) is 248 Å². The van der Waals surface area contributed by atoms with Gasteiger partial charge in [-0.2, -0.15) is 17.8 Å². The number of para-hydroxylation sites is 4. The van der Waals surface area contributed by atoms with E-state index >= 15 is 0 Å². The van der Waals surface area contributed by atoms with E-state index in [1.165, 1.54) is 106 Å². The van der Waals surface area contributed by atoms with Crippen LogP contribution < -0.4 is 81.6 Å². The first kappa shape index (κ1) is 93.6. The van der Waals surface area contributed by atoms with Crippen molar-refractivity contribution >= 4 is 123 Å². The van der Waals surface area contributed by atoms with Crippen LogP contribution >= 0.6 is 58.9 Å². The molecule has 6 aliphatic rings. The largest absolute Gasteiger partial charge is 1.00 e. The molecule has 19 nitrogen and oxygen atoms in total. The second-order valence-electron chi connectivity index (χ2n) is 30.9. The quantitative estimate of drug-likeness (QED) is 0.00738. The molecule has 4 heterocycles. The second kappa shape index (κ2) is 41.8. The van der Waals surface area contributed by atoms with Crippen molar-refractivity contribution in [3.8, 4) is 0 Å². The van der Waals surface area contributed by atoms with Gasteiger partial charge in [-0.05, 0) is 198 Å². The van der Waals surface area contributed by atoms with Gasteiger partial charge in [0.25, 0.3) is 10.0 Å². The molecule has 0 aromatic heterocycles. The number of nitrogens with one attached hydrogen (secondary N) is 1. The van der Waals surface area contributed by atoms with Gasteiger partial charge >= 0.3 is 51.4 Å². The van der Waals surface area contributed by atoms with Crippen molar-refractivity contribution in [2.45, 2.75) is 177 Å². The predicted octanol–water partition coefficient (Wildman–Crippen LogP) is 15.2. The van der Waals surface area contributed by atoms with Crippen LogP contribution in [0, 0.1) is 0 Å². The molecule has 2 aliphatic carbocycles. The van der Waals surface area contributed by atoms with Gasteiger partial charge in [0.1, 0.15) is 13.1 Å². The molecule has 0 unspecified atom stereocenters. The number of sulfonamides is 2. The number of rotatable bonds is 33. The number of halogens is 3. The zero-order chi connectivity index (χ0) is 82.2. The number of nitrogens with zero attached hydrogens (tertiary/aromatic N) is 4. The van der Waals surface area contributed by atoms with Crippen molar-refractivity contribution in [1.82, 2.24) is 4.72 Å². The van der Waals surface area contributed by atoms with Gasteiger partial charge < -0.3 is 24.9 Å². The van der Waals surface area contributed by atoms with E-state index in [-0.39, 0.29) is 83.8 Å². The van der Waals surface area contributed by atoms with Gasteiger partial charge in [0.2, 0.25) is 21.4 Å². The predicted molar refractivity (Wildman–Crippen MR) is 457 cm³/mol. The molecule has 3 N–H and O–H groups in total. The van der Waals surface area contributed by atoms with E-state index in [4.69, 9.17) is 39.9 Å². The van der Waals surface area contributed by atoms with Crippen molar-refractivity contribution in [1.29, 1.82) is 0 Å². The van der Waals surface area contributed by atoms with Gasteiger partial charge in [0, 0.05) is 151 Å². The Bertz CT molecular complexity index is 5150. The van der Waals surface area contributed by atoms with Crippen molar-refractivity contribution in [2.75, 3.05) is 53.2 Å². The molecule has 0 spiro atoms. The maximum Gasteiger partial charge on any atom is 1.00 e. The van der Waals surface area contributed by atoms with Gasteiger partial charge in [-0.15, -0.1) is 0 Å². The molecule has 0 saturated heterocycles. The summed E-state index contributed by atoms with van der Waals surface area (Å²) in [6.07, 6.45) is 28.3. The number of benzene rings is 6. The van der Waals surface area contributed by atoms with E-state index in [1.807, 2.05) is 48.6 Å². The third kappa shape index (κ3) is 23.3. The number of hydrogen-bond donors (Lipinski definition) is 2. The van der Waals surface area contributed by atoms with Crippen LogP contribution in [-0.2, 0) is 70.6 Å². The fourth-order valence-electron chi connectivity index (χ4n) is 15.9. The van der Waals surface area contributed by atoms with Crippen LogP contribution in [-0.4, -0.2) is 93.8 Å². The Hall–Kier alpha value is -5.28. The minimum absolute atomic E-state index is 0. The van der Waals surface area contributed by atoms with Gasteiger partial charge in [-0.3, -0.25) is 14.8 Å². The average molecular weight is 1750 g/mol. The fraction of sp³-hybridized carbons (Fsp3) is 0.379. The van der Waals surface area contributed by atoms with E-state index < -0.39 is 41.3 Å². The SMILES string of the molecule is CC1(C)C(=CC=C2CCC(C=CC3=[N+](CCCCS(=O)(=O)[O-])c4ccccc4C3(C)C)=C2NS(=O)(=O)c2ccc(Cl)cc2)N(CCCCSOO[O-])c2ccccc21.CCCCC[N+]1=C(C=CC2=C(Cl)C(=CC=C3N(CCCCSOO[O-])c4ccccc4C3(C)C)CC2)C(C)(C)c2ccccc21.NS(=O)(=O)c1ccc(Cl)cc1.[K+]. The zero-order valence-electron chi connectivity index (χ0n) is 67.0. The Morgan fingerprint density at radius 3 is 1.37 bits per heavy atom. The Balaban J connectivity index is 0.000000235. The zero-order valence-corrected chi connectivity index (χ0v) is 76.4. The second-order valence-corrected chi connectivity index (χ2v) is 38.5. The van der Waals surface area contributed by atoms with Gasteiger partial charge in [-0.25, -0.2) is 30.4 Å². The molecule has 0 amide bonds. The molecule has 610 valence electrons. The van der Waals surface area contributed by atoms with Crippen molar-refractivity contribution in [3.05, 3.63) is 271 Å². The van der Waals surface area contributed by atoms with Gasteiger partial charge in [0.05, 0.1) is 36.4 Å². The van der Waals surface area contributed by atoms with Crippen LogP contribution in [0.4, 0.5) is 22.7 Å². The number of primary sulfonamides is 1. The van der Waals surface area contributed by atoms with Gasteiger partial charge in [0.15, 0.2) is 11.4 Å². The smallest absolute Gasteiger partial charge is 0.748 e. The third-order valence-electron chi connectivity index (χ3n) is 21.9. The topological polar surface area (TPSA) is 259 Å². The molecule has 4 aliphatic heterocycles. The minimum atomic E-state index is -4.32. The van der Waals surface area contributed by atoms with E-state index in [1.54, 1.807) is 12.1 Å². The Morgan fingerprint density at radius 1 is 0.496 bits per heavy atom. The van der Waals surface area contributed by atoms with Crippen LogP contribution in [0.1, 0.15) is 168 Å². The first-order valence-electron chi connectivity index (χ1n) is 38.5. The average Bonchev–Trinajstić information content (AvgIpc) is 1.61. The molecule has 0 fully saturated rings. The molecular formula is C87H102Cl3KN6O13S5. The monoisotopic (exact) mass is 1740 g/mol. The van der Waals surface area contributed by atoms with E-state index in [9.17, 15) is 40.3 Å². The summed E-state index contributed by atoms with van der Waals surface area (Å²) in [5, 5.41) is 33.9. The Morgan fingerprint density at radius 2 is 0.913 bits per heavy atom. The standard InChI is InChI=1S/C43H50ClN3O8S3.C38H47ClN2O3S.C6H6ClNO2S.K/c1-42(2)35-13-5-7-15-37(35)46(27-9-11-29-56-55-54-48)39(42)25-19-31-17-18-32(41(31)45-58(52,53)34-23-21-33(44)22-24-34)20-26-40-43(3,4)36-14-6-8-16-38(36)47(40)28-10-12-30-57(49,50)51;1-6-7-12-25-40-32-17-10-8-15-30(32)37(2,3)34(40)23-21-28-19-20-29(36(28)39)22-24-35-38(4,5)31-16-9-11-18-33(31)41(35)26-13-14-27-45-44-43-42;7-5-1-3-6(4-2-5)11(8,9)10;/h5-8,13-16,19-26H,9-12,17-18,27-30H2,1-4H3,(H2,48,49,50,51);8-11,15-18,21-24H,6-7,12-14,19-20,25-27H2,1-5H3;1-4H,(H2,8,9,10);/q;;;+1/p-1. The third-order valence-corrected chi connectivity index (χ3v) is 27.2. The number of hydrogen-bond acceptors (Lipinski definition) is 17. The van der Waals surface area contributed by atoms with Gasteiger partial charge in [-0.1, -0.05) is 173 Å². The molecule has 0 bridgehead atoms. The fourth-order valence-corrected chi connectivity index (χ4v) is 19.6. The Kier molecular flexibility index (Phi) is 34.0. The number of fused-ring (bicyclic) bond motifs is 4. The summed E-state index contributed by atoms with van der Waals surface area (Å²) >= 11 is 20.8. The summed E-state index contributed by atoms with van der Waals surface area (Å²) in [6.45, 7) is 23.4. The number of anilines is 2. The summed E-state index contributed by atoms with van der Waals surface area (Å²) < 4.78 is 99.8. The molecule has 0 atom stereocenters. The summed E-state index contributed by atoms with van der Waals surface area (Å²) in [4.78, 5) is 4.92. The summed E-state index contributed by atoms with van der Waals surface area (Å²) in [6, 6.07) is 45.7. The summed E-state index contributed by atoms with van der Waals surface area (Å²) in [5.41, 5.74) is 18.1. The van der Waals surface area contributed by atoms with Crippen molar-refractivity contribution in [3.63, 3.8) is 0 Å². The molecule has 12 rings (SSSR count). The number of nitrogens with two attached hydrogens (primary N) is 1. The van der Waals surface area contributed by atoms with Crippen LogP contribution in [0.5, 0.6) is 0 Å². The first-order chi connectivity index (χ1) is 54.3. The molecule has 0 radical (unpaired) electrons. The maximum absolute atomic E-state index is 14.0. The molecule has 28 heteroatoms. The van der Waals surface area contributed by atoms with Crippen molar-refractivity contribution in [2.24, 2.45) is 5.14 Å². The minimum Gasteiger partial charge on any atom is -0.748 e.